The van der Waals surface area contributed by atoms with Gasteiger partial charge in [0.05, 0.1) is 11.9 Å². The van der Waals surface area contributed by atoms with Gasteiger partial charge in [0.15, 0.2) is 5.82 Å². The molecule has 0 saturated carbocycles. The highest BCUT2D eigenvalue weighted by Gasteiger charge is 2.10. The third-order valence-electron chi connectivity index (χ3n) is 2.66. The second-order valence-corrected chi connectivity index (χ2v) is 4.13. The van der Waals surface area contributed by atoms with Crippen LogP contribution in [0.15, 0.2) is 35.0 Å². The molecule has 0 aliphatic rings. The summed E-state index contributed by atoms with van der Waals surface area (Å²) in [6, 6.07) is 5.83. The summed E-state index contributed by atoms with van der Waals surface area (Å²) >= 11 is 0. The fourth-order valence-electron chi connectivity index (χ4n) is 1.68. The zero-order valence-corrected chi connectivity index (χ0v) is 10.4. The summed E-state index contributed by atoms with van der Waals surface area (Å²) in [6.07, 6.45) is 1.72. The molecule has 0 saturated heterocycles. The molecule has 0 radical (unpaired) electrons. The summed E-state index contributed by atoms with van der Waals surface area (Å²) in [4.78, 5) is 4.22. The highest BCUT2D eigenvalue weighted by atomic mass is 19.1. The highest BCUT2D eigenvalue weighted by molar-refractivity contribution is 5.52. The van der Waals surface area contributed by atoms with E-state index >= 15 is 0 Å². The molecule has 2 N–H and O–H groups in total. The molecule has 8 heteroatoms. The Kier molecular flexibility index (Phi) is 3.21. The average molecular weight is 274 g/mol. The van der Waals surface area contributed by atoms with Gasteiger partial charge in [-0.25, -0.2) is 9.07 Å². The summed E-state index contributed by atoms with van der Waals surface area (Å²) in [5, 5.41) is 11.6. The molecule has 0 aliphatic carbocycles. The zero-order valence-electron chi connectivity index (χ0n) is 10.4. The number of nitrogens with zero attached hydrogens (tertiary/aromatic N) is 5. The Morgan fingerprint density at radius 1 is 1.25 bits per heavy atom. The first-order valence-electron chi connectivity index (χ1n) is 5.92. The Hall–Kier alpha value is -2.61. The smallest absolute Gasteiger partial charge is 0.257 e. The molecule has 0 unspecified atom stereocenters. The van der Waals surface area contributed by atoms with E-state index in [-0.39, 0.29) is 5.82 Å². The Morgan fingerprint density at radius 3 is 2.75 bits per heavy atom. The molecule has 20 heavy (non-hydrogen) atoms. The molecule has 0 spiro atoms. The summed E-state index contributed by atoms with van der Waals surface area (Å²) in [5.74, 6) is 0.474. The van der Waals surface area contributed by atoms with Gasteiger partial charge < -0.3 is 10.3 Å². The van der Waals surface area contributed by atoms with E-state index in [9.17, 15) is 4.39 Å². The zero-order chi connectivity index (χ0) is 13.9. The molecule has 7 nitrogen and oxygen atoms in total. The van der Waals surface area contributed by atoms with Gasteiger partial charge in [0, 0.05) is 12.1 Å². The van der Waals surface area contributed by atoms with Crippen LogP contribution in [0.4, 0.5) is 4.39 Å². The van der Waals surface area contributed by atoms with E-state index < -0.39 is 0 Å². The van der Waals surface area contributed by atoms with E-state index in [4.69, 9.17) is 10.3 Å². The van der Waals surface area contributed by atoms with E-state index in [2.05, 4.69) is 20.5 Å². The molecule has 2 heterocycles. The van der Waals surface area contributed by atoms with E-state index in [0.29, 0.717) is 36.1 Å². The minimum Gasteiger partial charge on any atom is -0.334 e. The number of aromatic nitrogens is 5. The Bertz CT molecular complexity index is 705. The van der Waals surface area contributed by atoms with Gasteiger partial charge in [-0.3, -0.25) is 0 Å². The van der Waals surface area contributed by atoms with Crippen molar-refractivity contribution >= 4 is 0 Å². The van der Waals surface area contributed by atoms with Crippen molar-refractivity contribution in [3.8, 4) is 11.5 Å². The molecular weight excluding hydrogens is 263 g/mol. The van der Waals surface area contributed by atoms with Crippen LogP contribution < -0.4 is 5.73 Å². The van der Waals surface area contributed by atoms with Gasteiger partial charge in [0.2, 0.25) is 0 Å². The predicted octanol–water partition coefficient (Wildman–Crippen LogP) is 0.974. The second kappa shape index (κ2) is 5.17. The standard InChI is InChI=1S/C12H11FN6O/c13-9-3-1-8(2-4-9)12-15-11(17-20-12)7-19-6-10(5-14)16-18-19/h1-4,6H,5,7,14H2. The molecule has 3 aromatic rings. The van der Waals surface area contributed by atoms with Crippen molar-refractivity contribution in [1.29, 1.82) is 0 Å². The van der Waals surface area contributed by atoms with Crippen LogP contribution in [-0.2, 0) is 13.1 Å². The molecule has 2 aromatic heterocycles. The lowest BCUT2D eigenvalue weighted by Crippen LogP contribution is -2.02. The molecule has 0 aliphatic heterocycles. The topological polar surface area (TPSA) is 95.7 Å². The van der Waals surface area contributed by atoms with E-state index in [1.165, 1.54) is 12.1 Å². The van der Waals surface area contributed by atoms with Crippen LogP contribution in [0.1, 0.15) is 11.5 Å². The van der Waals surface area contributed by atoms with Crippen molar-refractivity contribution in [2.75, 3.05) is 0 Å². The molecule has 0 amide bonds. The van der Waals surface area contributed by atoms with Crippen LogP contribution in [0.25, 0.3) is 11.5 Å². The van der Waals surface area contributed by atoms with Crippen LogP contribution in [0.5, 0.6) is 0 Å². The third-order valence-corrected chi connectivity index (χ3v) is 2.66. The molecule has 102 valence electrons. The molecule has 0 fully saturated rings. The van der Waals surface area contributed by atoms with Crippen molar-refractivity contribution in [2.45, 2.75) is 13.1 Å². The SMILES string of the molecule is NCc1cn(Cc2noc(-c3ccc(F)cc3)n2)nn1. The Labute approximate surface area is 113 Å². The minimum absolute atomic E-state index is 0.314. The second-order valence-electron chi connectivity index (χ2n) is 4.13. The monoisotopic (exact) mass is 274 g/mol. The molecule has 1 aromatic carbocycles. The van der Waals surface area contributed by atoms with Gasteiger partial charge in [-0.2, -0.15) is 4.98 Å². The first kappa shape index (κ1) is 12.4. The fourth-order valence-corrected chi connectivity index (χ4v) is 1.68. The molecular formula is C12H11FN6O. The average Bonchev–Trinajstić information content (AvgIpc) is 3.09. The van der Waals surface area contributed by atoms with Crippen molar-refractivity contribution in [1.82, 2.24) is 25.1 Å². The maximum atomic E-state index is 12.8. The quantitative estimate of drug-likeness (QED) is 0.761. The van der Waals surface area contributed by atoms with E-state index in [0.717, 1.165) is 0 Å². The van der Waals surface area contributed by atoms with Crippen molar-refractivity contribution in [2.24, 2.45) is 5.73 Å². The van der Waals surface area contributed by atoms with Gasteiger partial charge in [-0.1, -0.05) is 10.4 Å². The van der Waals surface area contributed by atoms with Crippen LogP contribution in [-0.4, -0.2) is 25.1 Å². The first-order chi connectivity index (χ1) is 9.74. The lowest BCUT2D eigenvalue weighted by Gasteiger charge is -1.93. The molecule has 0 atom stereocenters. The normalized spacial score (nSPS) is 10.9. The lowest BCUT2D eigenvalue weighted by atomic mass is 10.2. The van der Waals surface area contributed by atoms with Gasteiger partial charge in [-0.05, 0) is 24.3 Å². The first-order valence-corrected chi connectivity index (χ1v) is 5.92. The summed E-state index contributed by atoms with van der Waals surface area (Å²) < 4.78 is 19.5. The largest absolute Gasteiger partial charge is 0.334 e. The van der Waals surface area contributed by atoms with Gasteiger partial charge in [0.1, 0.15) is 12.4 Å². The van der Waals surface area contributed by atoms with Crippen LogP contribution >= 0.6 is 0 Å². The van der Waals surface area contributed by atoms with Crippen molar-refractivity contribution < 1.29 is 8.91 Å². The fraction of sp³-hybridized carbons (Fsp3) is 0.167. The summed E-state index contributed by atoms with van der Waals surface area (Å²) in [6.45, 7) is 0.658. The third kappa shape index (κ3) is 2.54. The number of halogens is 1. The van der Waals surface area contributed by atoms with E-state index in [1.807, 2.05) is 0 Å². The number of nitrogens with two attached hydrogens (primary N) is 1. The lowest BCUT2D eigenvalue weighted by molar-refractivity contribution is 0.418. The molecule has 0 bridgehead atoms. The summed E-state index contributed by atoms with van der Waals surface area (Å²) in [7, 11) is 0. The number of rotatable bonds is 4. The van der Waals surface area contributed by atoms with Crippen molar-refractivity contribution in [3.63, 3.8) is 0 Å². The van der Waals surface area contributed by atoms with Crippen LogP contribution in [0.2, 0.25) is 0 Å². The minimum atomic E-state index is -0.314. The number of hydrogen-bond donors (Lipinski definition) is 1. The maximum absolute atomic E-state index is 12.8. The van der Waals surface area contributed by atoms with Crippen molar-refractivity contribution in [3.05, 3.63) is 47.8 Å². The number of benzene rings is 1. The van der Waals surface area contributed by atoms with Gasteiger partial charge in [-0.15, -0.1) is 5.10 Å². The highest BCUT2D eigenvalue weighted by Crippen LogP contribution is 2.17. The molecule has 3 rings (SSSR count). The maximum Gasteiger partial charge on any atom is 0.257 e. The van der Waals surface area contributed by atoms with E-state index in [1.54, 1.807) is 23.0 Å². The van der Waals surface area contributed by atoms with Gasteiger partial charge >= 0.3 is 0 Å². The Morgan fingerprint density at radius 2 is 2.05 bits per heavy atom. The Balaban J connectivity index is 1.78. The summed E-state index contributed by atoms with van der Waals surface area (Å²) in [5.41, 5.74) is 6.80. The predicted molar refractivity (Wildman–Crippen MR) is 66.7 cm³/mol. The van der Waals surface area contributed by atoms with Gasteiger partial charge in [0.25, 0.3) is 5.89 Å². The van der Waals surface area contributed by atoms with Crippen LogP contribution in [0, 0.1) is 5.82 Å². The van der Waals surface area contributed by atoms with Crippen LogP contribution in [0.3, 0.4) is 0 Å². The number of hydrogen-bond acceptors (Lipinski definition) is 6.